The number of nitrogens with one attached hydrogen (secondary N) is 1. The number of benzene rings is 2. The first kappa shape index (κ1) is 18.1. The number of rotatable bonds is 3. The topological polar surface area (TPSA) is 39.3 Å². The minimum atomic E-state index is -0.139. The molecular weight excluding hydrogens is 402 g/mol. The Balaban J connectivity index is 1.56. The number of amides is 1. The number of hydrogen-bond donors (Lipinski definition) is 1. The lowest BCUT2D eigenvalue weighted by molar-refractivity contribution is -0.133. The van der Waals surface area contributed by atoms with Gasteiger partial charge in [0, 0.05) is 65.9 Å². The summed E-state index contributed by atoms with van der Waals surface area (Å²) in [5, 5.41) is 1.21. The molecule has 2 aromatic carbocycles. The molecule has 5 heteroatoms. The zero-order chi connectivity index (χ0) is 19.1. The Morgan fingerprint density at radius 3 is 2.63 bits per heavy atom. The van der Waals surface area contributed by atoms with Crippen molar-refractivity contribution in [1.82, 2.24) is 9.88 Å². The van der Waals surface area contributed by atoms with Crippen LogP contribution in [0.5, 0.6) is 0 Å². The number of carbonyl (C=O) groups is 1. The van der Waals surface area contributed by atoms with E-state index in [-0.39, 0.29) is 11.8 Å². The minimum Gasteiger partial charge on any atom is -0.378 e. The van der Waals surface area contributed by atoms with Crippen LogP contribution in [0.1, 0.15) is 29.7 Å². The fourth-order valence-electron chi connectivity index (χ4n) is 3.85. The fraction of sp³-hybridized carbons (Fsp3) is 0.318. The molecular formula is C22H24BrN3O. The van der Waals surface area contributed by atoms with E-state index in [1.54, 1.807) is 0 Å². The Morgan fingerprint density at radius 2 is 1.93 bits per heavy atom. The molecule has 27 heavy (non-hydrogen) atoms. The van der Waals surface area contributed by atoms with E-state index in [1.165, 1.54) is 16.6 Å². The highest BCUT2D eigenvalue weighted by Gasteiger charge is 2.27. The smallest absolute Gasteiger partial charge is 0.230 e. The third-order valence-corrected chi connectivity index (χ3v) is 6.02. The van der Waals surface area contributed by atoms with Crippen LogP contribution in [0, 0.1) is 0 Å². The SMILES string of the molecule is CC(C(=O)N1CCc2[nH]c3ccc(Br)cc3c2C1)c1ccc(N(C)C)cc1. The predicted octanol–water partition coefficient (Wildman–Crippen LogP) is 4.68. The Morgan fingerprint density at radius 1 is 1.19 bits per heavy atom. The molecule has 4 nitrogen and oxygen atoms in total. The van der Waals surface area contributed by atoms with E-state index in [1.807, 2.05) is 32.0 Å². The molecule has 0 radical (unpaired) electrons. The van der Waals surface area contributed by atoms with E-state index in [4.69, 9.17) is 0 Å². The van der Waals surface area contributed by atoms with E-state index in [0.29, 0.717) is 6.54 Å². The molecule has 2 heterocycles. The highest BCUT2D eigenvalue weighted by molar-refractivity contribution is 9.10. The van der Waals surface area contributed by atoms with Crippen LogP contribution >= 0.6 is 15.9 Å². The molecule has 1 N–H and O–H groups in total. The van der Waals surface area contributed by atoms with Crippen LogP contribution in [0.2, 0.25) is 0 Å². The summed E-state index contributed by atoms with van der Waals surface area (Å²) < 4.78 is 1.06. The van der Waals surface area contributed by atoms with Gasteiger partial charge in [-0.1, -0.05) is 28.1 Å². The fourth-order valence-corrected chi connectivity index (χ4v) is 4.21. The summed E-state index contributed by atoms with van der Waals surface area (Å²) >= 11 is 3.56. The lowest BCUT2D eigenvalue weighted by Crippen LogP contribution is -2.38. The van der Waals surface area contributed by atoms with Crippen LogP contribution < -0.4 is 4.90 Å². The largest absolute Gasteiger partial charge is 0.378 e. The first-order chi connectivity index (χ1) is 12.9. The maximum atomic E-state index is 13.1. The standard InChI is InChI=1S/C22H24BrN3O/c1-14(15-4-7-17(8-5-15)25(2)3)22(27)26-11-10-21-19(13-26)18-12-16(23)6-9-20(18)24-21/h4-9,12,14,24H,10-11,13H2,1-3H3. The monoisotopic (exact) mass is 425 g/mol. The molecule has 1 aliphatic rings. The summed E-state index contributed by atoms with van der Waals surface area (Å²) in [6.07, 6.45) is 0.875. The number of H-pyrrole nitrogens is 1. The van der Waals surface area contributed by atoms with Gasteiger partial charge in [-0.2, -0.15) is 0 Å². The van der Waals surface area contributed by atoms with Gasteiger partial charge in [-0.05, 0) is 42.8 Å². The van der Waals surface area contributed by atoms with Crippen molar-refractivity contribution in [3.8, 4) is 0 Å². The van der Waals surface area contributed by atoms with Crippen molar-refractivity contribution in [2.75, 3.05) is 25.5 Å². The molecule has 1 atom stereocenters. The van der Waals surface area contributed by atoms with E-state index in [2.05, 4.69) is 62.2 Å². The van der Waals surface area contributed by atoms with E-state index in [0.717, 1.165) is 34.2 Å². The molecule has 0 spiro atoms. The zero-order valence-electron chi connectivity index (χ0n) is 15.9. The maximum absolute atomic E-state index is 13.1. The number of anilines is 1. The molecule has 0 aliphatic carbocycles. The summed E-state index contributed by atoms with van der Waals surface area (Å²) in [5.41, 5.74) is 5.87. The lowest BCUT2D eigenvalue weighted by atomic mass is 9.97. The number of carbonyl (C=O) groups excluding carboxylic acids is 1. The van der Waals surface area contributed by atoms with E-state index in [9.17, 15) is 4.79 Å². The molecule has 1 aliphatic heterocycles. The molecule has 1 amide bonds. The van der Waals surface area contributed by atoms with Gasteiger partial charge in [0.15, 0.2) is 0 Å². The van der Waals surface area contributed by atoms with Gasteiger partial charge in [-0.15, -0.1) is 0 Å². The van der Waals surface area contributed by atoms with Crippen molar-refractivity contribution in [3.05, 3.63) is 63.8 Å². The normalized spacial score (nSPS) is 14.9. The van der Waals surface area contributed by atoms with Gasteiger partial charge in [0.05, 0.1) is 5.92 Å². The quantitative estimate of drug-likeness (QED) is 0.661. The van der Waals surface area contributed by atoms with Crippen molar-refractivity contribution in [3.63, 3.8) is 0 Å². The highest BCUT2D eigenvalue weighted by atomic mass is 79.9. The summed E-state index contributed by atoms with van der Waals surface area (Å²) in [7, 11) is 4.04. The van der Waals surface area contributed by atoms with Crippen LogP contribution in [0.4, 0.5) is 5.69 Å². The molecule has 3 aromatic rings. The van der Waals surface area contributed by atoms with Crippen molar-refractivity contribution in [2.45, 2.75) is 25.8 Å². The van der Waals surface area contributed by atoms with Crippen LogP contribution in [-0.4, -0.2) is 36.4 Å². The molecule has 0 bridgehead atoms. The van der Waals surface area contributed by atoms with Crippen molar-refractivity contribution in [2.24, 2.45) is 0 Å². The lowest BCUT2D eigenvalue weighted by Gasteiger charge is -2.30. The van der Waals surface area contributed by atoms with Crippen LogP contribution in [0.25, 0.3) is 10.9 Å². The van der Waals surface area contributed by atoms with Crippen molar-refractivity contribution >= 4 is 38.4 Å². The second-order valence-electron chi connectivity index (χ2n) is 7.49. The average Bonchev–Trinajstić information content (AvgIpc) is 3.04. The van der Waals surface area contributed by atoms with E-state index >= 15 is 0 Å². The van der Waals surface area contributed by atoms with Crippen LogP contribution in [0.15, 0.2) is 46.9 Å². The third kappa shape index (κ3) is 3.36. The maximum Gasteiger partial charge on any atom is 0.230 e. The number of fused-ring (bicyclic) bond motifs is 3. The number of nitrogens with zero attached hydrogens (tertiary/aromatic N) is 2. The minimum absolute atomic E-state index is 0.139. The van der Waals surface area contributed by atoms with Gasteiger partial charge >= 0.3 is 0 Å². The number of aromatic nitrogens is 1. The van der Waals surface area contributed by atoms with Gasteiger partial charge in [0.1, 0.15) is 0 Å². The molecule has 0 saturated heterocycles. The number of hydrogen-bond acceptors (Lipinski definition) is 2. The first-order valence-corrected chi connectivity index (χ1v) is 10.1. The Hall–Kier alpha value is -2.27. The molecule has 0 saturated carbocycles. The highest BCUT2D eigenvalue weighted by Crippen LogP contribution is 2.31. The molecule has 1 unspecified atom stereocenters. The Labute approximate surface area is 168 Å². The Kier molecular flexibility index (Phi) is 4.72. The molecule has 1 aromatic heterocycles. The van der Waals surface area contributed by atoms with Gasteiger partial charge in [0.2, 0.25) is 5.91 Å². The van der Waals surface area contributed by atoms with Crippen molar-refractivity contribution in [1.29, 1.82) is 0 Å². The molecule has 0 fully saturated rings. The zero-order valence-corrected chi connectivity index (χ0v) is 17.5. The van der Waals surface area contributed by atoms with Crippen molar-refractivity contribution < 1.29 is 4.79 Å². The third-order valence-electron chi connectivity index (χ3n) is 5.53. The molecule has 4 rings (SSSR count). The van der Waals surface area contributed by atoms with Crippen LogP contribution in [-0.2, 0) is 17.8 Å². The summed E-state index contributed by atoms with van der Waals surface area (Å²) in [4.78, 5) is 20.7. The van der Waals surface area contributed by atoms with Gasteiger partial charge < -0.3 is 14.8 Å². The predicted molar refractivity (Wildman–Crippen MR) is 114 cm³/mol. The first-order valence-electron chi connectivity index (χ1n) is 9.29. The van der Waals surface area contributed by atoms with Crippen LogP contribution in [0.3, 0.4) is 0 Å². The van der Waals surface area contributed by atoms with Gasteiger partial charge in [0.25, 0.3) is 0 Å². The average molecular weight is 426 g/mol. The second-order valence-corrected chi connectivity index (χ2v) is 8.41. The number of aromatic amines is 1. The summed E-state index contributed by atoms with van der Waals surface area (Å²) in [5.74, 6) is 0.0577. The van der Waals surface area contributed by atoms with Gasteiger partial charge in [-0.25, -0.2) is 0 Å². The molecule has 140 valence electrons. The van der Waals surface area contributed by atoms with Gasteiger partial charge in [-0.3, -0.25) is 4.79 Å². The Bertz CT molecular complexity index is 991. The van der Waals surface area contributed by atoms with E-state index < -0.39 is 0 Å². The number of halogens is 1. The second kappa shape index (κ2) is 7.04. The summed E-state index contributed by atoms with van der Waals surface area (Å²) in [6.45, 7) is 3.44. The summed E-state index contributed by atoms with van der Waals surface area (Å²) in [6, 6.07) is 14.6.